The topological polar surface area (TPSA) is 42.0 Å². The average Bonchev–Trinajstić information content (AvgIpc) is 2.89. The standard InChI is InChI=1S/C9H10N2O/c12-6-7-3-4-10-9(5-7)11-8-1-2-8/h3-6,8H,1-2H2,(H,10,11). The zero-order valence-electron chi connectivity index (χ0n) is 6.66. The van der Waals surface area contributed by atoms with Crippen LogP contribution in [0.1, 0.15) is 23.2 Å². The molecule has 1 aliphatic rings. The highest BCUT2D eigenvalue weighted by molar-refractivity contribution is 5.76. The first kappa shape index (κ1) is 7.28. The molecule has 1 N–H and O–H groups in total. The summed E-state index contributed by atoms with van der Waals surface area (Å²) in [6.45, 7) is 0. The lowest BCUT2D eigenvalue weighted by Gasteiger charge is -2.01. The quantitative estimate of drug-likeness (QED) is 0.684. The molecule has 12 heavy (non-hydrogen) atoms. The summed E-state index contributed by atoms with van der Waals surface area (Å²) >= 11 is 0. The summed E-state index contributed by atoms with van der Waals surface area (Å²) in [7, 11) is 0. The van der Waals surface area contributed by atoms with Crippen LogP contribution in [-0.2, 0) is 0 Å². The van der Waals surface area contributed by atoms with Crippen molar-refractivity contribution in [3.8, 4) is 0 Å². The molecule has 0 aromatic carbocycles. The molecule has 1 aliphatic carbocycles. The Kier molecular flexibility index (Phi) is 1.78. The average molecular weight is 162 g/mol. The molecule has 0 aliphatic heterocycles. The van der Waals surface area contributed by atoms with Gasteiger partial charge in [0, 0.05) is 17.8 Å². The number of aldehydes is 1. The van der Waals surface area contributed by atoms with Crippen molar-refractivity contribution in [3.05, 3.63) is 23.9 Å². The molecule has 1 heterocycles. The predicted octanol–water partition coefficient (Wildman–Crippen LogP) is 1.47. The SMILES string of the molecule is O=Cc1ccnc(NC2CC2)c1. The van der Waals surface area contributed by atoms with Crippen LogP contribution in [0.3, 0.4) is 0 Å². The van der Waals surface area contributed by atoms with Gasteiger partial charge < -0.3 is 5.32 Å². The maximum Gasteiger partial charge on any atom is 0.150 e. The molecule has 0 saturated heterocycles. The summed E-state index contributed by atoms with van der Waals surface area (Å²) in [5.74, 6) is 0.808. The molecule has 1 fully saturated rings. The van der Waals surface area contributed by atoms with Gasteiger partial charge in [0.1, 0.15) is 12.1 Å². The van der Waals surface area contributed by atoms with E-state index in [0.717, 1.165) is 12.1 Å². The van der Waals surface area contributed by atoms with Crippen molar-refractivity contribution in [1.29, 1.82) is 0 Å². The second-order valence-electron chi connectivity index (χ2n) is 3.01. The van der Waals surface area contributed by atoms with Gasteiger partial charge in [-0.1, -0.05) is 0 Å². The van der Waals surface area contributed by atoms with Crippen molar-refractivity contribution in [2.24, 2.45) is 0 Å². The van der Waals surface area contributed by atoms with E-state index >= 15 is 0 Å². The summed E-state index contributed by atoms with van der Waals surface area (Å²) in [6, 6.07) is 4.05. The molecule has 0 atom stereocenters. The van der Waals surface area contributed by atoms with Gasteiger partial charge in [0.05, 0.1) is 0 Å². The second-order valence-corrected chi connectivity index (χ2v) is 3.01. The summed E-state index contributed by atoms with van der Waals surface area (Å²) in [4.78, 5) is 14.5. The van der Waals surface area contributed by atoms with Crippen LogP contribution >= 0.6 is 0 Å². The van der Waals surface area contributed by atoms with Crippen molar-refractivity contribution < 1.29 is 4.79 Å². The Morgan fingerprint density at radius 3 is 3.08 bits per heavy atom. The highest BCUT2D eigenvalue weighted by Crippen LogP contribution is 2.23. The fourth-order valence-corrected chi connectivity index (χ4v) is 1.04. The third-order valence-electron chi connectivity index (χ3n) is 1.85. The molecule has 2 rings (SSSR count). The summed E-state index contributed by atoms with van der Waals surface area (Å²) < 4.78 is 0. The number of nitrogens with one attached hydrogen (secondary N) is 1. The molecular weight excluding hydrogens is 152 g/mol. The summed E-state index contributed by atoms with van der Waals surface area (Å²) in [5.41, 5.74) is 0.674. The Hall–Kier alpha value is -1.38. The van der Waals surface area contributed by atoms with Gasteiger partial charge in [-0.3, -0.25) is 4.79 Å². The minimum Gasteiger partial charge on any atom is -0.367 e. The molecule has 0 unspecified atom stereocenters. The lowest BCUT2D eigenvalue weighted by Crippen LogP contribution is -2.02. The molecule has 0 radical (unpaired) electrons. The van der Waals surface area contributed by atoms with E-state index in [0.29, 0.717) is 11.6 Å². The third-order valence-corrected chi connectivity index (χ3v) is 1.85. The van der Waals surface area contributed by atoms with E-state index in [1.54, 1.807) is 18.3 Å². The van der Waals surface area contributed by atoms with Crippen molar-refractivity contribution >= 4 is 12.1 Å². The van der Waals surface area contributed by atoms with Crippen LogP contribution in [0.4, 0.5) is 5.82 Å². The van der Waals surface area contributed by atoms with Crippen molar-refractivity contribution in [2.45, 2.75) is 18.9 Å². The summed E-state index contributed by atoms with van der Waals surface area (Å²) in [5, 5.41) is 3.22. The van der Waals surface area contributed by atoms with Gasteiger partial charge in [0.25, 0.3) is 0 Å². The Morgan fingerprint density at radius 2 is 2.42 bits per heavy atom. The molecule has 0 spiro atoms. The number of carbonyl (C=O) groups excluding carboxylic acids is 1. The van der Waals surface area contributed by atoms with Gasteiger partial charge in [-0.15, -0.1) is 0 Å². The number of nitrogens with zero attached hydrogens (tertiary/aromatic N) is 1. The van der Waals surface area contributed by atoms with E-state index in [-0.39, 0.29) is 0 Å². The lowest BCUT2D eigenvalue weighted by molar-refractivity contribution is 0.112. The van der Waals surface area contributed by atoms with Gasteiger partial charge in [0.15, 0.2) is 0 Å². The fourth-order valence-electron chi connectivity index (χ4n) is 1.04. The fraction of sp³-hybridized carbons (Fsp3) is 0.333. The van der Waals surface area contributed by atoms with Gasteiger partial charge in [-0.2, -0.15) is 0 Å². The largest absolute Gasteiger partial charge is 0.367 e. The first-order valence-corrected chi connectivity index (χ1v) is 4.06. The minimum absolute atomic E-state index is 0.583. The van der Waals surface area contributed by atoms with Crippen LogP contribution in [0.5, 0.6) is 0 Å². The number of hydrogen-bond acceptors (Lipinski definition) is 3. The minimum atomic E-state index is 0.583. The number of aromatic nitrogens is 1. The molecular formula is C9H10N2O. The maximum absolute atomic E-state index is 10.4. The van der Waals surface area contributed by atoms with E-state index in [1.165, 1.54) is 12.8 Å². The van der Waals surface area contributed by atoms with E-state index in [2.05, 4.69) is 10.3 Å². The van der Waals surface area contributed by atoms with E-state index in [9.17, 15) is 4.79 Å². The number of pyridine rings is 1. The molecule has 1 aromatic heterocycles. The zero-order chi connectivity index (χ0) is 8.39. The third kappa shape index (κ3) is 1.61. The lowest BCUT2D eigenvalue weighted by atomic mass is 10.3. The first-order valence-electron chi connectivity index (χ1n) is 4.06. The summed E-state index contributed by atoms with van der Waals surface area (Å²) in [6.07, 6.45) is 4.91. The van der Waals surface area contributed by atoms with Crippen LogP contribution in [-0.4, -0.2) is 17.3 Å². The van der Waals surface area contributed by atoms with Gasteiger partial charge >= 0.3 is 0 Å². The van der Waals surface area contributed by atoms with Gasteiger partial charge in [0.2, 0.25) is 0 Å². The van der Waals surface area contributed by atoms with Crippen molar-refractivity contribution in [1.82, 2.24) is 4.98 Å². The maximum atomic E-state index is 10.4. The van der Waals surface area contributed by atoms with Crippen LogP contribution in [0, 0.1) is 0 Å². The van der Waals surface area contributed by atoms with E-state index in [4.69, 9.17) is 0 Å². The molecule has 1 aromatic rings. The monoisotopic (exact) mass is 162 g/mol. The van der Waals surface area contributed by atoms with E-state index in [1.807, 2.05) is 0 Å². The van der Waals surface area contributed by atoms with Crippen LogP contribution < -0.4 is 5.32 Å². The van der Waals surface area contributed by atoms with Gasteiger partial charge in [-0.25, -0.2) is 4.98 Å². The van der Waals surface area contributed by atoms with Crippen LogP contribution in [0.2, 0.25) is 0 Å². The smallest absolute Gasteiger partial charge is 0.150 e. The molecule has 3 heteroatoms. The Bertz CT molecular complexity index is 294. The zero-order valence-corrected chi connectivity index (χ0v) is 6.66. The normalized spacial score (nSPS) is 15.7. The van der Waals surface area contributed by atoms with E-state index < -0.39 is 0 Å². The highest BCUT2D eigenvalue weighted by atomic mass is 16.1. The van der Waals surface area contributed by atoms with Crippen molar-refractivity contribution in [3.63, 3.8) is 0 Å². The predicted molar refractivity (Wildman–Crippen MR) is 46.3 cm³/mol. The Labute approximate surface area is 70.8 Å². The molecule has 0 amide bonds. The second kappa shape index (κ2) is 2.93. The highest BCUT2D eigenvalue weighted by Gasteiger charge is 2.20. The molecule has 62 valence electrons. The van der Waals surface area contributed by atoms with Crippen LogP contribution in [0.15, 0.2) is 18.3 Å². The van der Waals surface area contributed by atoms with Gasteiger partial charge in [-0.05, 0) is 25.0 Å². The Balaban J connectivity index is 2.13. The Morgan fingerprint density at radius 1 is 1.58 bits per heavy atom. The number of anilines is 1. The molecule has 3 nitrogen and oxygen atoms in total. The number of hydrogen-bond donors (Lipinski definition) is 1. The molecule has 0 bridgehead atoms. The van der Waals surface area contributed by atoms with Crippen LogP contribution in [0.25, 0.3) is 0 Å². The van der Waals surface area contributed by atoms with Crippen molar-refractivity contribution in [2.75, 3.05) is 5.32 Å². The first-order chi connectivity index (χ1) is 5.88. The molecule has 1 saturated carbocycles. The number of rotatable bonds is 3. The number of carbonyl (C=O) groups is 1.